The number of nitrogens with zero attached hydrogens (tertiary/aromatic N) is 2. The van der Waals surface area contributed by atoms with Crippen molar-refractivity contribution in [3.63, 3.8) is 0 Å². The van der Waals surface area contributed by atoms with Gasteiger partial charge in [0.25, 0.3) is 5.91 Å². The van der Waals surface area contributed by atoms with Gasteiger partial charge in [0.2, 0.25) is 10.0 Å². The topological polar surface area (TPSA) is 79.4 Å². The van der Waals surface area contributed by atoms with Crippen molar-refractivity contribution in [1.82, 2.24) is 9.29 Å². The lowest BCUT2D eigenvalue weighted by Gasteiger charge is -2.16. The van der Waals surface area contributed by atoms with E-state index in [0.717, 1.165) is 41.7 Å². The minimum atomic E-state index is -4.50. The molecule has 1 saturated heterocycles. The fourth-order valence-corrected chi connectivity index (χ4v) is 5.72. The molecule has 1 aliphatic heterocycles. The lowest BCUT2D eigenvalue weighted by Crippen LogP contribution is -2.29. The first kappa shape index (κ1) is 23.3. The Bertz CT molecular complexity index is 1300. The summed E-state index contributed by atoms with van der Waals surface area (Å²) >= 11 is 0.989. The molecule has 3 aromatic rings. The van der Waals surface area contributed by atoms with E-state index in [1.807, 2.05) is 0 Å². The molecule has 1 aromatic heterocycles. The van der Waals surface area contributed by atoms with Crippen molar-refractivity contribution in [3.05, 3.63) is 64.8 Å². The van der Waals surface area contributed by atoms with Gasteiger partial charge in [0.1, 0.15) is 10.7 Å². The van der Waals surface area contributed by atoms with E-state index in [0.29, 0.717) is 12.8 Å². The maximum atomic E-state index is 14.3. The number of amides is 1. The predicted molar refractivity (Wildman–Crippen MR) is 115 cm³/mol. The predicted octanol–water partition coefficient (Wildman–Crippen LogP) is 5.00. The van der Waals surface area contributed by atoms with Gasteiger partial charge in [-0.25, -0.2) is 17.8 Å². The fraction of sp³-hybridized carbons (Fsp3) is 0.238. The van der Waals surface area contributed by atoms with E-state index in [4.69, 9.17) is 0 Å². The molecule has 1 N–H and O–H groups in total. The minimum absolute atomic E-state index is 0.0926. The lowest BCUT2D eigenvalue weighted by atomic mass is 10.1. The Hall–Kier alpha value is -2.83. The molecule has 1 aliphatic rings. The molecule has 2 aromatic carbocycles. The van der Waals surface area contributed by atoms with Crippen LogP contribution < -0.4 is 5.32 Å². The van der Waals surface area contributed by atoms with Gasteiger partial charge in [-0.3, -0.25) is 10.1 Å². The molecule has 0 aliphatic carbocycles. The van der Waals surface area contributed by atoms with Crippen molar-refractivity contribution >= 4 is 32.4 Å². The number of rotatable bonds is 5. The third-order valence-corrected chi connectivity index (χ3v) is 7.76. The van der Waals surface area contributed by atoms with Gasteiger partial charge < -0.3 is 0 Å². The van der Waals surface area contributed by atoms with E-state index in [1.165, 1.54) is 21.8 Å². The first-order valence-corrected chi connectivity index (χ1v) is 12.1. The van der Waals surface area contributed by atoms with Gasteiger partial charge in [-0.15, -0.1) is 11.3 Å². The number of alkyl halides is 3. The summed E-state index contributed by atoms with van der Waals surface area (Å²) in [5.74, 6) is -1.68. The highest BCUT2D eigenvalue weighted by molar-refractivity contribution is 7.89. The number of thiazole rings is 1. The number of anilines is 1. The van der Waals surface area contributed by atoms with Crippen LogP contribution in [0.5, 0.6) is 0 Å². The zero-order valence-electron chi connectivity index (χ0n) is 16.9. The Morgan fingerprint density at radius 2 is 1.82 bits per heavy atom. The maximum Gasteiger partial charge on any atom is 0.416 e. The molecule has 12 heteroatoms. The van der Waals surface area contributed by atoms with E-state index < -0.39 is 38.4 Å². The van der Waals surface area contributed by atoms with Crippen LogP contribution in [0.3, 0.4) is 0 Å². The van der Waals surface area contributed by atoms with Crippen molar-refractivity contribution in [3.8, 4) is 11.3 Å². The van der Waals surface area contributed by atoms with Gasteiger partial charge in [-0.05, 0) is 43.2 Å². The highest BCUT2D eigenvalue weighted by Gasteiger charge is 2.31. The van der Waals surface area contributed by atoms with Crippen LogP contribution in [0.4, 0.5) is 22.7 Å². The van der Waals surface area contributed by atoms with Crippen LogP contribution in [0.25, 0.3) is 11.3 Å². The number of aromatic nitrogens is 1. The molecular weight excluding hydrogens is 482 g/mol. The molecule has 174 valence electrons. The van der Waals surface area contributed by atoms with Gasteiger partial charge in [-0.1, -0.05) is 12.1 Å². The maximum absolute atomic E-state index is 14.3. The minimum Gasteiger partial charge on any atom is -0.298 e. The van der Waals surface area contributed by atoms with Gasteiger partial charge in [0, 0.05) is 29.6 Å². The van der Waals surface area contributed by atoms with E-state index in [1.54, 1.807) is 0 Å². The number of nitrogens with one attached hydrogen (secondary N) is 1. The quantitative estimate of drug-likeness (QED) is 0.501. The molecular formula is C21H17F4N3O3S2. The van der Waals surface area contributed by atoms with Gasteiger partial charge in [0.15, 0.2) is 5.13 Å². The summed E-state index contributed by atoms with van der Waals surface area (Å²) in [6, 6.07) is 7.65. The first-order valence-electron chi connectivity index (χ1n) is 9.80. The number of benzene rings is 2. The van der Waals surface area contributed by atoms with Crippen LogP contribution in [0.2, 0.25) is 0 Å². The third-order valence-electron chi connectivity index (χ3n) is 5.09. The Morgan fingerprint density at radius 3 is 2.52 bits per heavy atom. The molecule has 0 radical (unpaired) electrons. The Balaban J connectivity index is 1.55. The fourth-order valence-electron chi connectivity index (χ4n) is 3.40. The molecule has 6 nitrogen and oxygen atoms in total. The third kappa shape index (κ3) is 4.92. The molecule has 4 rings (SSSR count). The van der Waals surface area contributed by atoms with Gasteiger partial charge in [0.05, 0.1) is 11.3 Å². The van der Waals surface area contributed by atoms with Crippen molar-refractivity contribution in [2.75, 3.05) is 18.4 Å². The zero-order chi connectivity index (χ0) is 23.8. The highest BCUT2D eigenvalue weighted by atomic mass is 32.2. The summed E-state index contributed by atoms with van der Waals surface area (Å²) in [4.78, 5) is 16.2. The Labute approximate surface area is 190 Å². The summed E-state index contributed by atoms with van der Waals surface area (Å²) in [5.41, 5.74) is -0.457. The summed E-state index contributed by atoms with van der Waals surface area (Å²) in [6.07, 6.45) is -3.14. The van der Waals surface area contributed by atoms with Gasteiger partial charge in [-0.2, -0.15) is 17.5 Å². The lowest BCUT2D eigenvalue weighted by molar-refractivity contribution is -0.137. The summed E-state index contributed by atoms with van der Waals surface area (Å²) in [6.45, 7) is 0.575. The molecule has 1 fully saturated rings. The summed E-state index contributed by atoms with van der Waals surface area (Å²) in [5, 5.41) is 4.06. The second kappa shape index (κ2) is 8.84. The monoisotopic (exact) mass is 499 g/mol. The number of carbonyl (C=O) groups is 1. The molecule has 0 saturated carbocycles. The SMILES string of the molecule is O=C(Nc1nc(-c2cccc(C(F)(F)F)c2)cs1)c1ccc(F)c(S(=O)(=O)N2CCCC2)c1. The summed E-state index contributed by atoms with van der Waals surface area (Å²) in [7, 11) is -4.07. The number of hydrogen-bond acceptors (Lipinski definition) is 5. The smallest absolute Gasteiger partial charge is 0.298 e. The normalized spacial score (nSPS) is 15.0. The molecule has 0 bridgehead atoms. The van der Waals surface area contributed by atoms with E-state index in [2.05, 4.69) is 10.3 Å². The van der Waals surface area contributed by atoms with Crippen LogP contribution in [0.1, 0.15) is 28.8 Å². The number of carbonyl (C=O) groups excluding carboxylic acids is 1. The average molecular weight is 500 g/mol. The van der Waals surface area contributed by atoms with Crippen LogP contribution in [0, 0.1) is 5.82 Å². The number of hydrogen-bond donors (Lipinski definition) is 1. The number of sulfonamides is 1. The van der Waals surface area contributed by atoms with Crippen molar-refractivity contribution in [2.24, 2.45) is 0 Å². The highest BCUT2D eigenvalue weighted by Crippen LogP contribution is 2.33. The van der Waals surface area contributed by atoms with Gasteiger partial charge >= 0.3 is 6.18 Å². The van der Waals surface area contributed by atoms with Crippen LogP contribution in [0.15, 0.2) is 52.7 Å². The second-order valence-electron chi connectivity index (χ2n) is 7.33. The van der Waals surface area contributed by atoms with Crippen molar-refractivity contribution in [1.29, 1.82) is 0 Å². The van der Waals surface area contributed by atoms with Crippen LogP contribution >= 0.6 is 11.3 Å². The number of halogens is 4. The van der Waals surface area contributed by atoms with E-state index in [-0.39, 0.29) is 35.0 Å². The van der Waals surface area contributed by atoms with E-state index >= 15 is 0 Å². The standard InChI is InChI=1S/C21H17F4N3O3S2/c22-16-7-6-14(11-18(16)33(30,31)28-8-1-2-9-28)19(29)27-20-26-17(12-32-20)13-4-3-5-15(10-13)21(23,24)25/h3-7,10-12H,1-2,8-9H2,(H,26,27,29). The molecule has 1 amide bonds. The largest absolute Gasteiger partial charge is 0.416 e. The first-order chi connectivity index (χ1) is 15.6. The van der Waals surface area contributed by atoms with Crippen LogP contribution in [-0.4, -0.2) is 36.7 Å². The average Bonchev–Trinajstić information content (AvgIpc) is 3.46. The Kier molecular flexibility index (Phi) is 6.25. The molecule has 0 unspecified atom stereocenters. The van der Waals surface area contributed by atoms with Crippen LogP contribution in [-0.2, 0) is 16.2 Å². The molecule has 2 heterocycles. The van der Waals surface area contributed by atoms with E-state index in [9.17, 15) is 30.8 Å². The van der Waals surface area contributed by atoms with Crippen molar-refractivity contribution in [2.45, 2.75) is 23.9 Å². The molecule has 0 spiro atoms. The zero-order valence-corrected chi connectivity index (χ0v) is 18.5. The summed E-state index contributed by atoms with van der Waals surface area (Å²) < 4.78 is 79.7. The Morgan fingerprint density at radius 1 is 1.09 bits per heavy atom. The molecule has 0 atom stereocenters. The molecule has 33 heavy (non-hydrogen) atoms. The van der Waals surface area contributed by atoms with Crippen molar-refractivity contribution < 1.29 is 30.8 Å². The second-order valence-corrected chi connectivity index (χ2v) is 10.1.